The molecule has 0 saturated carbocycles. The smallest absolute Gasteiger partial charge is 0.300 e. The van der Waals surface area contributed by atoms with Gasteiger partial charge in [-0.25, -0.2) is 4.57 Å². The Labute approximate surface area is 86.8 Å². The molecule has 13 heavy (non-hydrogen) atoms. The third-order valence-electron chi connectivity index (χ3n) is 0.927. The molecule has 0 aromatic carbocycles. The zero-order chi connectivity index (χ0) is 10.5. The highest BCUT2D eigenvalue weighted by molar-refractivity contribution is 8.93. The fourth-order valence-electron chi connectivity index (χ4n) is 0.550. The second kappa shape index (κ2) is 6.09. The third kappa shape index (κ3) is 5.75. The summed E-state index contributed by atoms with van der Waals surface area (Å²) in [5.74, 6) is 0. The van der Waals surface area contributed by atoms with Crippen molar-refractivity contribution in [1.29, 1.82) is 0 Å². The largest absolute Gasteiger partial charge is 0.400 e. The normalized spacial score (nSPS) is 18.2. The van der Waals surface area contributed by atoms with Gasteiger partial charge in [0.2, 0.25) is 0 Å². The van der Waals surface area contributed by atoms with Crippen molar-refractivity contribution in [2.45, 2.75) is 33.0 Å². The van der Waals surface area contributed by atoms with Crippen LogP contribution in [0.3, 0.4) is 0 Å². The molecule has 0 fully saturated rings. The van der Waals surface area contributed by atoms with Gasteiger partial charge in [0.15, 0.2) is 0 Å². The van der Waals surface area contributed by atoms with Gasteiger partial charge < -0.3 is 4.79 Å². The van der Waals surface area contributed by atoms with E-state index in [0.29, 0.717) is 16.7 Å². The molecule has 2 unspecified atom stereocenters. The Morgan fingerprint density at radius 2 is 1.92 bits per heavy atom. The molecule has 7 heteroatoms. The van der Waals surface area contributed by atoms with Gasteiger partial charge in [0.1, 0.15) is 12.4 Å². The van der Waals surface area contributed by atoms with Gasteiger partial charge in [-0.15, -0.1) is 0 Å². The van der Waals surface area contributed by atoms with E-state index in [1.807, 2.05) is 0 Å². The Kier molecular flexibility index (Phi) is 6.33. The molecule has 0 aromatic rings. The maximum absolute atomic E-state index is 11.6. The Bertz CT molecular complexity index is 209. The molecule has 0 aliphatic rings. The van der Waals surface area contributed by atoms with Gasteiger partial charge in [-0.3, -0.25) is 9.05 Å². The molecular formula is C6H13O4PS2. The van der Waals surface area contributed by atoms with Crippen LogP contribution in [0.15, 0.2) is 0 Å². The lowest BCUT2D eigenvalue weighted by Gasteiger charge is -2.18. The molecule has 0 saturated heterocycles. The lowest BCUT2D eigenvalue weighted by Crippen LogP contribution is -2.09. The fourth-order valence-corrected chi connectivity index (χ4v) is 3.50. The minimum Gasteiger partial charge on any atom is -0.300 e. The molecule has 0 spiro atoms. The summed E-state index contributed by atoms with van der Waals surface area (Å²) in [7, 11) is 0.691. The second-order valence-electron chi connectivity index (χ2n) is 2.63. The molecule has 0 radical (unpaired) electrons. The average Bonchev–Trinajstić information content (AvgIpc) is 2.02. The zero-order valence-electron chi connectivity index (χ0n) is 7.67. The Balaban J connectivity index is 4.28. The van der Waals surface area contributed by atoms with Crippen molar-refractivity contribution in [2.75, 3.05) is 0 Å². The number of aldehydes is 1. The van der Waals surface area contributed by atoms with Crippen molar-refractivity contribution < 1.29 is 18.4 Å². The van der Waals surface area contributed by atoms with E-state index in [2.05, 4.69) is 11.7 Å². The van der Waals surface area contributed by atoms with Crippen LogP contribution in [-0.4, -0.2) is 18.5 Å². The van der Waals surface area contributed by atoms with E-state index in [4.69, 9.17) is 9.05 Å². The molecule has 0 amide bonds. The van der Waals surface area contributed by atoms with Crippen molar-refractivity contribution >= 4 is 35.2 Å². The quantitative estimate of drug-likeness (QED) is 0.337. The summed E-state index contributed by atoms with van der Waals surface area (Å²) in [6.45, 7) is 1.67. The summed E-state index contributed by atoms with van der Waals surface area (Å²) < 4.78 is 21.6. The average molecular weight is 244 g/mol. The van der Waals surface area contributed by atoms with Crippen molar-refractivity contribution in [3.8, 4) is 0 Å². The summed E-state index contributed by atoms with van der Waals surface area (Å²) in [6.07, 6.45) is -0.422. The molecule has 0 aromatic heterocycles. The molecule has 0 bridgehead atoms. The number of hydrogen-bond acceptors (Lipinski definition) is 6. The van der Waals surface area contributed by atoms with Crippen LogP contribution in [0.25, 0.3) is 0 Å². The number of thiol groups is 1. The molecule has 2 atom stereocenters. The number of carbonyl (C=O) groups is 1. The van der Waals surface area contributed by atoms with Crippen LogP contribution in [0.4, 0.5) is 0 Å². The first kappa shape index (κ1) is 13.5. The highest BCUT2D eigenvalue weighted by Crippen LogP contribution is 2.63. The highest BCUT2D eigenvalue weighted by atomic mass is 33.3. The molecule has 4 nitrogen and oxygen atoms in total. The summed E-state index contributed by atoms with van der Waals surface area (Å²) in [4.78, 5) is 10.2. The number of hydrogen-bond donors (Lipinski definition) is 1. The van der Waals surface area contributed by atoms with Crippen molar-refractivity contribution in [1.82, 2.24) is 0 Å². The van der Waals surface area contributed by atoms with Gasteiger partial charge in [0.25, 0.3) is 0 Å². The standard InChI is InChI=1S/C6H13O4PS2/c1-5(2)9-11(8,13-12)10-6(3)4-7/h4-6,12H,1-3H3. The van der Waals surface area contributed by atoms with E-state index in [0.717, 1.165) is 0 Å². The first-order chi connectivity index (χ1) is 5.93. The van der Waals surface area contributed by atoms with Gasteiger partial charge in [0.05, 0.1) is 6.10 Å². The minimum absolute atomic E-state index is 0.232. The van der Waals surface area contributed by atoms with Crippen molar-refractivity contribution in [3.63, 3.8) is 0 Å². The van der Waals surface area contributed by atoms with E-state index in [1.165, 1.54) is 6.92 Å². The van der Waals surface area contributed by atoms with Crippen molar-refractivity contribution in [3.05, 3.63) is 0 Å². The minimum atomic E-state index is -3.28. The monoisotopic (exact) mass is 244 g/mol. The van der Waals surface area contributed by atoms with Crippen LogP contribution in [0, 0.1) is 0 Å². The van der Waals surface area contributed by atoms with Gasteiger partial charge in [-0.2, -0.15) is 0 Å². The van der Waals surface area contributed by atoms with Crippen LogP contribution in [0.2, 0.25) is 0 Å². The van der Waals surface area contributed by atoms with E-state index < -0.39 is 12.9 Å². The van der Waals surface area contributed by atoms with Crippen LogP contribution in [0.5, 0.6) is 0 Å². The Morgan fingerprint density at radius 3 is 2.23 bits per heavy atom. The maximum Gasteiger partial charge on any atom is 0.400 e. The molecular weight excluding hydrogens is 231 g/mol. The summed E-state index contributed by atoms with van der Waals surface area (Å²) in [5.41, 5.74) is 0. The van der Waals surface area contributed by atoms with E-state index >= 15 is 0 Å². The van der Waals surface area contributed by atoms with Crippen LogP contribution in [-0.2, 0) is 18.4 Å². The van der Waals surface area contributed by atoms with E-state index in [-0.39, 0.29) is 6.10 Å². The number of rotatable bonds is 6. The van der Waals surface area contributed by atoms with E-state index in [9.17, 15) is 9.36 Å². The fraction of sp³-hybridized carbons (Fsp3) is 0.833. The molecule has 0 aliphatic carbocycles. The second-order valence-corrected chi connectivity index (χ2v) is 7.41. The SMILES string of the molecule is CC(C)OP(=O)(OC(C)C=O)SS. The molecule has 78 valence electrons. The predicted octanol–water partition coefficient (Wildman–Crippen LogP) is 2.70. The lowest BCUT2D eigenvalue weighted by atomic mass is 10.5. The first-order valence-electron chi connectivity index (χ1n) is 3.69. The van der Waals surface area contributed by atoms with Crippen LogP contribution < -0.4 is 0 Å². The van der Waals surface area contributed by atoms with Gasteiger partial charge in [0, 0.05) is 10.4 Å². The van der Waals surface area contributed by atoms with Crippen LogP contribution >= 0.6 is 28.9 Å². The molecule has 0 heterocycles. The summed E-state index contributed by atoms with van der Waals surface area (Å²) in [5, 5.41) is 0. The maximum atomic E-state index is 11.6. The van der Waals surface area contributed by atoms with Gasteiger partial charge >= 0.3 is 6.80 Å². The van der Waals surface area contributed by atoms with Crippen LogP contribution in [0.1, 0.15) is 20.8 Å². The first-order valence-corrected chi connectivity index (χ1v) is 7.70. The zero-order valence-corrected chi connectivity index (χ0v) is 10.3. The Hall–Kier alpha value is 0.520. The molecule has 0 rings (SSSR count). The molecule has 0 aliphatic heterocycles. The number of carbonyl (C=O) groups excluding carboxylic acids is 1. The van der Waals surface area contributed by atoms with Gasteiger partial charge in [-0.05, 0) is 20.8 Å². The predicted molar refractivity (Wildman–Crippen MR) is 57.0 cm³/mol. The highest BCUT2D eigenvalue weighted by Gasteiger charge is 2.28. The third-order valence-corrected chi connectivity index (χ3v) is 5.31. The van der Waals surface area contributed by atoms with E-state index in [1.54, 1.807) is 13.8 Å². The van der Waals surface area contributed by atoms with Gasteiger partial charge in [-0.1, -0.05) is 11.7 Å². The molecule has 0 N–H and O–H groups in total. The Morgan fingerprint density at radius 1 is 1.38 bits per heavy atom. The lowest BCUT2D eigenvalue weighted by molar-refractivity contribution is -0.113. The van der Waals surface area contributed by atoms with Crippen molar-refractivity contribution in [2.24, 2.45) is 0 Å². The summed E-state index contributed by atoms with van der Waals surface area (Å²) >= 11 is 3.78. The summed E-state index contributed by atoms with van der Waals surface area (Å²) in [6, 6.07) is 0. The topological polar surface area (TPSA) is 52.6 Å².